The molecule has 1 nitrogen and oxygen atoms in total. The molecule has 1 N–H and O–H groups in total. The maximum absolute atomic E-state index is 3.70. The fraction of sp³-hybridized carbons (Fsp3) is 0.412. The van der Waals surface area contributed by atoms with Gasteiger partial charge in [0.1, 0.15) is 0 Å². The summed E-state index contributed by atoms with van der Waals surface area (Å²) < 4.78 is 1.19. The Morgan fingerprint density at radius 1 is 1.15 bits per heavy atom. The van der Waals surface area contributed by atoms with Gasteiger partial charge in [0, 0.05) is 0 Å². The maximum Gasteiger partial charge on any atom is 0.0701 e. The Kier molecular flexibility index (Phi) is 5.42. The van der Waals surface area contributed by atoms with Gasteiger partial charge in [0.15, 0.2) is 0 Å². The quantitative estimate of drug-likeness (QED) is 0.747. The lowest BCUT2D eigenvalue weighted by atomic mass is 9.91. The van der Waals surface area contributed by atoms with Gasteiger partial charge in [-0.3, -0.25) is 0 Å². The molecule has 0 saturated carbocycles. The number of rotatable bonds is 5. The summed E-state index contributed by atoms with van der Waals surface area (Å²) in [6.07, 6.45) is 1.14. The largest absolute Gasteiger partial charge is 0.306 e. The van der Waals surface area contributed by atoms with Crippen molar-refractivity contribution >= 4 is 27.3 Å². The van der Waals surface area contributed by atoms with Gasteiger partial charge < -0.3 is 5.32 Å². The van der Waals surface area contributed by atoms with E-state index in [1.165, 1.54) is 31.6 Å². The molecule has 108 valence electrons. The third-order valence-electron chi connectivity index (χ3n) is 3.55. The molecule has 0 saturated heterocycles. The van der Waals surface area contributed by atoms with Crippen LogP contribution in [-0.4, -0.2) is 6.54 Å². The van der Waals surface area contributed by atoms with Gasteiger partial charge in [-0.05, 0) is 83.4 Å². The molecule has 2 aromatic rings. The number of halogens is 1. The molecule has 1 heterocycles. The van der Waals surface area contributed by atoms with Crippen LogP contribution in [0.25, 0.3) is 0 Å². The van der Waals surface area contributed by atoms with Crippen LogP contribution in [0.1, 0.15) is 47.2 Å². The molecule has 1 aromatic heterocycles. The van der Waals surface area contributed by atoms with E-state index in [1.54, 1.807) is 11.3 Å². The Labute approximate surface area is 134 Å². The van der Waals surface area contributed by atoms with Crippen molar-refractivity contribution in [3.63, 3.8) is 0 Å². The molecule has 1 aromatic carbocycles. The highest BCUT2D eigenvalue weighted by Crippen LogP contribution is 2.33. The van der Waals surface area contributed by atoms with Gasteiger partial charge in [-0.15, -0.1) is 11.3 Å². The minimum absolute atomic E-state index is 0.290. The maximum atomic E-state index is 3.70. The Morgan fingerprint density at radius 2 is 1.80 bits per heavy atom. The summed E-state index contributed by atoms with van der Waals surface area (Å²) in [4.78, 5) is 0. The van der Waals surface area contributed by atoms with Crippen LogP contribution in [0, 0.1) is 20.8 Å². The molecule has 0 amide bonds. The van der Waals surface area contributed by atoms with Crippen LogP contribution in [0.4, 0.5) is 0 Å². The van der Waals surface area contributed by atoms with Crippen molar-refractivity contribution in [1.29, 1.82) is 0 Å². The van der Waals surface area contributed by atoms with E-state index in [4.69, 9.17) is 0 Å². The van der Waals surface area contributed by atoms with Gasteiger partial charge in [0.05, 0.1) is 9.83 Å². The van der Waals surface area contributed by atoms with Crippen LogP contribution in [0.5, 0.6) is 0 Å². The third kappa shape index (κ3) is 3.51. The summed E-state index contributed by atoms with van der Waals surface area (Å²) in [5.74, 6) is 0. The average Bonchev–Trinajstić information content (AvgIpc) is 2.78. The second-order valence-corrected chi connectivity index (χ2v) is 7.67. The Hall–Kier alpha value is -0.640. The van der Waals surface area contributed by atoms with Crippen molar-refractivity contribution in [2.24, 2.45) is 0 Å². The standard InChI is InChI=1S/C17H22BrNS/c1-5-6-19-17(14-9-15(18)20-10-14)16-12(3)7-11(2)8-13(16)4/h7-10,17,19H,5-6H2,1-4H3. The SMILES string of the molecule is CCCNC(c1csc(Br)c1)c1c(C)cc(C)cc1C. The van der Waals surface area contributed by atoms with E-state index in [0.29, 0.717) is 0 Å². The Morgan fingerprint density at radius 3 is 2.30 bits per heavy atom. The van der Waals surface area contributed by atoms with Crippen molar-refractivity contribution in [2.75, 3.05) is 6.54 Å². The summed E-state index contributed by atoms with van der Waals surface area (Å²) in [6.45, 7) is 9.85. The van der Waals surface area contributed by atoms with Crippen LogP contribution >= 0.6 is 27.3 Å². The summed E-state index contributed by atoms with van der Waals surface area (Å²) in [5, 5.41) is 5.95. The highest BCUT2D eigenvalue weighted by atomic mass is 79.9. The molecule has 2 rings (SSSR count). The van der Waals surface area contributed by atoms with Crippen molar-refractivity contribution in [2.45, 2.75) is 40.2 Å². The van der Waals surface area contributed by atoms with Crippen molar-refractivity contribution in [1.82, 2.24) is 5.32 Å². The van der Waals surface area contributed by atoms with E-state index in [0.717, 1.165) is 13.0 Å². The van der Waals surface area contributed by atoms with Crippen LogP contribution in [0.15, 0.2) is 27.4 Å². The molecule has 3 heteroatoms. The predicted molar refractivity (Wildman–Crippen MR) is 92.8 cm³/mol. The van der Waals surface area contributed by atoms with Gasteiger partial charge >= 0.3 is 0 Å². The molecule has 0 spiro atoms. The number of hydrogen-bond donors (Lipinski definition) is 1. The first-order valence-corrected chi connectivity index (χ1v) is 8.75. The van der Waals surface area contributed by atoms with Gasteiger partial charge in [-0.25, -0.2) is 0 Å². The third-order valence-corrected chi connectivity index (χ3v) is 5.07. The van der Waals surface area contributed by atoms with Gasteiger partial charge in [0.2, 0.25) is 0 Å². The molecular weight excluding hydrogens is 330 g/mol. The number of aryl methyl sites for hydroxylation is 3. The van der Waals surface area contributed by atoms with E-state index in [9.17, 15) is 0 Å². The second kappa shape index (κ2) is 6.88. The summed E-state index contributed by atoms with van der Waals surface area (Å²) >= 11 is 5.33. The number of nitrogens with one attached hydrogen (secondary N) is 1. The second-order valence-electron chi connectivity index (χ2n) is 5.38. The van der Waals surface area contributed by atoms with E-state index in [2.05, 4.69) is 72.5 Å². The molecular formula is C17H22BrNS. The van der Waals surface area contributed by atoms with Crippen molar-refractivity contribution in [3.8, 4) is 0 Å². The van der Waals surface area contributed by atoms with Crippen molar-refractivity contribution in [3.05, 3.63) is 55.2 Å². The Balaban J connectivity index is 2.46. The topological polar surface area (TPSA) is 12.0 Å². The first kappa shape index (κ1) is 15.7. The number of hydrogen-bond acceptors (Lipinski definition) is 2. The Bertz CT molecular complexity index is 565. The molecule has 0 radical (unpaired) electrons. The minimum atomic E-state index is 0.290. The highest BCUT2D eigenvalue weighted by Gasteiger charge is 2.19. The van der Waals surface area contributed by atoms with E-state index >= 15 is 0 Å². The number of thiophene rings is 1. The number of benzene rings is 1. The van der Waals surface area contributed by atoms with E-state index in [1.807, 2.05) is 0 Å². The van der Waals surface area contributed by atoms with Crippen LogP contribution in [0.2, 0.25) is 0 Å². The van der Waals surface area contributed by atoms with E-state index < -0.39 is 0 Å². The minimum Gasteiger partial charge on any atom is -0.306 e. The lowest BCUT2D eigenvalue weighted by Gasteiger charge is -2.23. The molecule has 1 atom stereocenters. The fourth-order valence-electron chi connectivity index (χ4n) is 2.80. The lowest BCUT2D eigenvalue weighted by molar-refractivity contribution is 0.595. The zero-order valence-corrected chi connectivity index (χ0v) is 15.0. The normalized spacial score (nSPS) is 12.7. The molecule has 0 aliphatic heterocycles. The fourth-order valence-corrected chi connectivity index (χ4v) is 4.00. The van der Waals surface area contributed by atoms with E-state index in [-0.39, 0.29) is 6.04 Å². The summed E-state index contributed by atoms with van der Waals surface area (Å²) in [7, 11) is 0. The molecule has 20 heavy (non-hydrogen) atoms. The van der Waals surface area contributed by atoms with Crippen LogP contribution in [-0.2, 0) is 0 Å². The highest BCUT2D eigenvalue weighted by molar-refractivity contribution is 9.11. The molecule has 0 bridgehead atoms. The van der Waals surface area contributed by atoms with Gasteiger partial charge in [-0.2, -0.15) is 0 Å². The predicted octanol–water partition coefficient (Wildman–Crippen LogP) is 5.52. The first-order chi connectivity index (χ1) is 9.52. The van der Waals surface area contributed by atoms with Crippen molar-refractivity contribution < 1.29 is 0 Å². The van der Waals surface area contributed by atoms with Gasteiger partial charge in [-0.1, -0.05) is 24.6 Å². The smallest absolute Gasteiger partial charge is 0.0701 e. The van der Waals surface area contributed by atoms with Crippen LogP contribution < -0.4 is 5.32 Å². The lowest BCUT2D eigenvalue weighted by Crippen LogP contribution is -2.24. The molecule has 0 fully saturated rings. The summed E-state index contributed by atoms with van der Waals surface area (Å²) in [6, 6.07) is 7.09. The van der Waals surface area contributed by atoms with Crippen LogP contribution in [0.3, 0.4) is 0 Å². The average molecular weight is 352 g/mol. The zero-order valence-electron chi connectivity index (χ0n) is 12.6. The monoisotopic (exact) mass is 351 g/mol. The molecule has 1 unspecified atom stereocenters. The van der Waals surface area contributed by atoms with Gasteiger partial charge in [0.25, 0.3) is 0 Å². The first-order valence-electron chi connectivity index (χ1n) is 7.08. The molecule has 0 aliphatic carbocycles. The molecule has 0 aliphatic rings. The summed E-state index contributed by atoms with van der Waals surface area (Å²) in [5.41, 5.74) is 6.86. The zero-order chi connectivity index (χ0) is 14.7.